The van der Waals surface area contributed by atoms with E-state index >= 15 is 0 Å². The average Bonchev–Trinajstić information content (AvgIpc) is 3.49. The van der Waals surface area contributed by atoms with Crippen molar-refractivity contribution in [3.63, 3.8) is 0 Å². The van der Waals surface area contributed by atoms with Crippen molar-refractivity contribution in [2.75, 3.05) is 16.6 Å². The van der Waals surface area contributed by atoms with E-state index in [4.69, 9.17) is 0 Å². The molecule has 27 heavy (non-hydrogen) atoms. The minimum absolute atomic E-state index is 0.242. The van der Waals surface area contributed by atoms with Crippen molar-refractivity contribution >= 4 is 32.4 Å². The third-order valence-corrected chi connectivity index (χ3v) is 6.35. The van der Waals surface area contributed by atoms with Gasteiger partial charge in [-0.1, -0.05) is 12.1 Å². The predicted octanol–water partition coefficient (Wildman–Crippen LogP) is 3.33. The average molecular weight is 386 g/mol. The molecule has 8 heteroatoms. The van der Waals surface area contributed by atoms with E-state index in [1.165, 1.54) is 18.5 Å². The van der Waals surface area contributed by atoms with Gasteiger partial charge in [0.15, 0.2) is 0 Å². The number of rotatable bonds is 7. The summed E-state index contributed by atoms with van der Waals surface area (Å²) < 4.78 is 40.0. The summed E-state index contributed by atoms with van der Waals surface area (Å²) in [6.45, 7) is 0.607. The van der Waals surface area contributed by atoms with E-state index in [-0.39, 0.29) is 11.1 Å². The van der Waals surface area contributed by atoms with Crippen molar-refractivity contribution in [1.82, 2.24) is 9.97 Å². The zero-order chi connectivity index (χ0) is 18.9. The first-order chi connectivity index (χ1) is 13.0. The summed E-state index contributed by atoms with van der Waals surface area (Å²) in [5, 5.41) is 3.61. The topological polar surface area (TPSA) is 84.0 Å². The lowest BCUT2D eigenvalue weighted by Crippen LogP contribution is -2.17. The number of hydrogen-bond acceptors (Lipinski definition) is 5. The quantitative estimate of drug-likeness (QED) is 0.651. The van der Waals surface area contributed by atoms with E-state index in [0.717, 1.165) is 24.8 Å². The van der Waals surface area contributed by atoms with E-state index in [9.17, 15) is 12.8 Å². The van der Waals surface area contributed by atoms with Crippen LogP contribution in [0.5, 0.6) is 0 Å². The van der Waals surface area contributed by atoms with Gasteiger partial charge in [0.1, 0.15) is 18.0 Å². The molecule has 1 aromatic heterocycles. The number of nitrogens with one attached hydrogen (secondary N) is 2. The monoisotopic (exact) mass is 386 g/mol. The number of aromatic nitrogens is 2. The highest BCUT2D eigenvalue weighted by Gasteiger charge is 2.35. The first kappa shape index (κ1) is 17.7. The molecule has 0 aliphatic heterocycles. The fourth-order valence-corrected chi connectivity index (χ4v) is 4.25. The smallest absolute Gasteiger partial charge is 0.235 e. The first-order valence-electron chi connectivity index (χ1n) is 8.76. The molecule has 1 aliphatic carbocycles. The van der Waals surface area contributed by atoms with Crippen LogP contribution in [0.3, 0.4) is 0 Å². The predicted molar refractivity (Wildman–Crippen MR) is 104 cm³/mol. The molecule has 2 N–H and O–H groups in total. The molecule has 3 aromatic rings. The van der Waals surface area contributed by atoms with Gasteiger partial charge in [-0.25, -0.2) is 22.8 Å². The van der Waals surface area contributed by atoms with Crippen LogP contribution in [0.1, 0.15) is 18.4 Å². The summed E-state index contributed by atoms with van der Waals surface area (Å²) in [5.74, 6) is 0.262. The van der Waals surface area contributed by atoms with Crippen molar-refractivity contribution < 1.29 is 12.8 Å². The molecule has 0 unspecified atom stereocenters. The first-order valence-corrected chi connectivity index (χ1v) is 10.3. The molecule has 0 radical (unpaired) electrons. The van der Waals surface area contributed by atoms with Crippen LogP contribution < -0.4 is 10.0 Å². The summed E-state index contributed by atoms with van der Waals surface area (Å²) in [6.07, 6.45) is 3.64. The minimum atomic E-state index is -3.24. The van der Waals surface area contributed by atoms with E-state index in [1.807, 2.05) is 12.1 Å². The highest BCUT2D eigenvalue weighted by Crippen LogP contribution is 2.29. The molecule has 0 spiro atoms. The van der Waals surface area contributed by atoms with Crippen LogP contribution in [-0.4, -0.2) is 30.2 Å². The van der Waals surface area contributed by atoms with Gasteiger partial charge in [-0.3, -0.25) is 4.72 Å². The Morgan fingerprint density at radius 1 is 1.07 bits per heavy atom. The van der Waals surface area contributed by atoms with Crippen LogP contribution in [0.4, 0.5) is 15.9 Å². The number of sulfonamides is 1. The third kappa shape index (κ3) is 4.16. The standard InChI is InChI=1S/C19H19FN4O2S/c20-14-3-8-18-17(11-14)19(23-12-22-18)21-10-9-13-1-4-15(5-2-13)24-27(25,26)16-6-7-16/h1-5,8,11-12,16,24H,6-7,9-10H2,(H,21,22,23). The van der Waals surface area contributed by atoms with Crippen LogP contribution in [0, 0.1) is 5.82 Å². The number of fused-ring (bicyclic) bond motifs is 1. The van der Waals surface area contributed by atoms with Gasteiger partial charge >= 0.3 is 0 Å². The molecule has 6 nitrogen and oxygen atoms in total. The Morgan fingerprint density at radius 3 is 2.59 bits per heavy atom. The van der Waals surface area contributed by atoms with Gasteiger partial charge in [0.2, 0.25) is 10.0 Å². The molecule has 1 heterocycles. The van der Waals surface area contributed by atoms with E-state index in [2.05, 4.69) is 20.0 Å². The van der Waals surface area contributed by atoms with Crippen LogP contribution in [0.25, 0.3) is 10.9 Å². The molecule has 1 aliphatic rings. The molecule has 1 saturated carbocycles. The highest BCUT2D eigenvalue weighted by atomic mass is 32.2. The van der Waals surface area contributed by atoms with Gasteiger partial charge < -0.3 is 5.32 Å². The molecule has 0 atom stereocenters. The normalized spacial score (nSPS) is 14.3. The number of halogens is 1. The second-order valence-corrected chi connectivity index (χ2v) is 8.56. The molecular weight excluding hydrogens is 367 g/mol. The van der Waals surface area contributed by atoms with E-state index < -0.39 is 10.0 Å². The van der Waals surface area contributed by atoms with E-state index in [1.54, 1.807) is 18.2 Å². The van der Waals surface area contributed by atoms with Crippen LogP contribution >= 0.6 is 0 Å². The SMILES string of the molecule is O=S(=O)(Nc1ccc(CCNc2ncnc3ccc(F)cc23)cc1)C1CC1. The molecule has 0 amide bonds. The Bertz CT molecular complexity index is 1070. The lowest BCUT2D eigenvalue weighted by atomic mass is 10.1. The minimum Gasteiger partial charge on any atom is -0.369 e. The Kier molecular flexibility index (Phi) is 4.65. The summed E-state index contributed by atoms with van der Waals surface area (Å²) in [6, 6.07) is 11.7. The van der Waals surface area contributed by atoms with Gasteiger partial charge in [-0.05, 0) is 55.2 Å². The molecule has 0 bridgehead atoms. The molecular formula is C19H19FN4O2S. The largest absolute Gasteiger partial charge is 0.369 e. The van der Waals surface area contributed by atoms with Crippen LogP contribution in [-0.2, 0) is 16.4 Å². The maximum atomic E-state index is 13.5. The summed E-state index contributed by atoms with van der Waals surface area (Å²) in [7, 11) is -3.24. The fraction of sp³-hybridized carbons (Fsp3) is 0.263. The van der Waals surface area contributed by atoms with Crippen LogP contribution in [0.15, 0.2) is 48.8 Å². The summed E-state index contributed by atoms with van der Waals surface area (Å²) >= 11 is 0. The Balaban J connectivity index is 1.37. The molecule has 4 rings (SSSR count). The van der Waals surface area contributed by atoms with Gasteiger partial charge in [0.05, 0.1) is 10.8 Å². The Hall–Kier alpha value is -2.74. The number of nitrogens with zero attached hydrogens (tertiary/aromatic N) is 2. The van der Waals surface area contributed by atoms with Crippen molar-refractivity contribution in [3.05, 3.63) is 60.2 Å². The molecule has 2 aromatic carbocycles. The maximum Gasteiger partial charge on any atom is 0.235 e. The summed E-state index contributed by atoms with van der Waals surface area (Å²) in [4.78, 5) is 8.32. The van der Waals surface area contributed by atoms with Crippen molar-refractivity contribution in [3.8, 4) is 0 Å². The molecule has 1 fully saturated rings. The van der Waals surface area contributed by atoms with Gasteiger partial charge in [-0.15, -0.1) is 0 Å². The highest BCUT2D eigenvalue weighted by molar-refractivity contribution is 7.93. The summed E-state index contributed by atoms with van der Waals surface area (Å²) in [5.41, 5.74) is 2.32. The van der Waals surface area contributed by atoms with Gasteiger partial charge in [0, 0.05) is 17.6 Å². The lowest BCUT2D eigenvalue weighted by molar-refractivity contribution is 0.600. The Morgan fingerprint density at radius 2 is 1.85 bits per heavy atom. The van der Waals surface area contributed by atoms with Crippen molar-refractivity contribution in [2.24, 2.45) is 0 Å². The third-order valence-electron chi connectivity index (χ3n) is 4.48. The second kappa shape index (κ2) is 7.11. The molecule has 0 saturated heterocycles. The Labute approximate surface area is 156 Å². The number of benzene rings is 2. The maximum absolute atomic E-state index is 13.5. The van der Waals surface area contributed by atoms with Crippen molar-refractivity contribution in [2.45, 2.75) is 24.5 Å². The van der Waals surface area contributed by atoms with Gasteiger partial charge in [0.25, 0.3) is 0 Å². The van der Waals surface area contributed by atoms with E-state index in [0.29, 0.717) is 29.0 Å². The zero-order valence-corrected chi connectivity index (χ0v) is 15.3. The van der Waals surface area contributed by atoms with Crippen LogP contribution in [0.2, 0.25) is 0 Å². The lowest BCUT2D eigenvalue weighted by Gasteiger charge is -2.10. The zero-order valence-electron chi connectivity index (χ0n) is 14.5. The number of hydrogen-bond donors (Lipinski definition) is 2. The van der Waals surface area contributed by atoms with Crippen molar-refractivity contribution in [1.29, 1.82) is 0 Å². The fourth-order valence-electron chi connectivity index (χ4n) is 2.86. The molecule has 140 valence electrons. The number of anilines is 2. The second-order valence-electron chi connectivity index (χ2n) is 6.60. The van der Waals surface area contributed by atoms with Gasteiger partial charge in [-0.2, -0.15) is 0 Å².